The van der Waals surface area contributed by atoms with Gasteiger partial charge in [0, 0.05) is 43.0 Å². The van der Waals surface area contributed by atoms with E-state index in [9.17, 15) is 4.39 Å². The van der Waals surface area contributed by atoms with E-state index in [1.54, 1.807) is 19.2 Å². The fraction of sp³-hybridized carbons (Fsp3) is 0.500. The number of benzene rings is 2. The summed E-state index contributed by atoms with van der Waals surface area (Å²) in [5.74, 6) is 0.785. The fourth-order valence-corrected chi connectivity index (χ4v) is 4.95. The van der Waals surface area contributed by atoms with Gasteiger partial charge in [0.2, 0.25) is 0 Å². The predicted octanol–water partition coefficient (Wildman–Crippen LogP) is 4.68. The second kappa shape index (κ2) is 7.75. The topological polar surface area (TPSA) is 15.7 Å². The molecule has 28 heavy (non-hydrogen) atoms. The maximum Gasteiger partial charge on any atom is 0.123 e. The summed E-state index contributed by atoms with van der Waals surface area (Å²) in [7, 11) is 1.74. The minimum atomic E-state index is -0.158. The van der Waals surface area contributed by atoms with E-state index in [0.29, 0.717) is 6.04 Å². The van der Waals surface area contributed by atoms with E-state index in [-0.39, 0.29) is 11.4 Å². The van der Waals surface area contributed by atoms with Gasteiger partial charge in [-0.3, -0.25) is 0 Å². The van der Waals surface area contributed by atoms with Crippen molar-refractivity contribution in [1.82, 2.24) is 4.90 Å². The van der Waals surface area contributed by atoms with Gasteiger partial charge >= 0.3 is 0 Å². The first kappa shape index (κ1) is 19.3. The van der Waals surface area contributed by atoms with E-state index in [0.717, 1.165) is 38.2 Å². The normalized spacial score (nSPS) is 19.6. The van der Waals surface area contributed by atoms with Crippen LogP contribution in [0.1, 0.15) is 37.8 Å². The Labute approximate surface area is 168 Å². The molecule has 3 nitrogen and oxygen atoms in total. The molecule has 2 aromatic carbocycles. The molecule has 0 radical (unpaired) electrons. The second-order valence-corrected chi connectivity index (χ2v) is 8.80. The molecule has 2 aromatic rings. The number of nitrogens with zero attached hydrogens (tertiary/aromatic N) is 2. The lowest BCUT2D eigenvalue weighted by Gasteiger charge is -2.44. The van der Waals surface area contributed by atoms with Crippen molar-refractivity contribution in [3.8, 4) is 5.75 Å². The zero-order chi connectivity index (χ0) is 19.7. The van der Waals surface area contributed by atoms with Crippen LogP contribution in [0.2, 0.25) is 0 Å². The van der Waals surface area contributed by atoms with Gasteiger partial charge in [0.25, 0.3) is 0 Å². The number of ether oxygens (including phenoxy) is 1. The lowest BCUT2D eigenvalue weighted by atomic mass is 9.95. The molecule has 0 aromatic heterocycles. The maximum absolute atomic E-state index is 13.1. The smallest absolute Gasteiger partial charge is 0.123 e. The molecule has 0 amide bonds. The van der Waals surface area contributed by atoms with E-state index in [1.165, 1.54) is 29.7 Å². The minimum absolute atomic E-state index is 0.148. The first-order chi connectivity index (χ1) is 13.5. The van der Waals surface area contributed by atoms with Crippen molar-refractivity contribution in [1.29, 1.82) is 0 Å². The fourth-order valence-electron chi connectivity index (χ4n) is 4.95. The monoisotopic (exact) mass is 382 g/mol. The van der Waals surface area contributed by atoms with Crippen molar-refractivity contribution >= 4 is 5.69 Å². The number of likely N-dealkylation sites (tertiary alicyclic amines) is 1. The molecule has 2 heterocycles. The number of fused-ring (bicyclic) bond motifs is 1. The van der Waals surface area contributed by atoms with Crippen molar-refractivity contribution < 1.29 is 9.13 Å². The van der Waals surface area contributed by atoms with E-state index in [2.05, 4.69) is 41.8 Å². The molecule has 150 valence electrons. The Balaban J connectivity index is 1.39. The molecule has 0 unspecified atom stereocenters. The Hall–Kier alpha value is -2.07. The minimum Gasteiger partial charge on any atom is -0.497 e. The number of hydrogen-bond acceptors (Lipinski definition) is 3. The molecule has 0 atom stereocenters. The van der Waals surface area contributed by atoms with Crippen LogP contribution in [0.3, 0.4) is 0 Å². The van der Waals surface area contributed by atoms with Crippen LogP contribution in [0.15, 0.2) is 42.5 Å². The van der Waals surface area contributed by atoms with Gasteiger partial charge in [-0.2, -0.15) is 0 Å². The number of hydrogen-bond donors (Lipinski definition) is 0. The van der Waals surface area contributed by atoms with E-state index in [4.69, 9.17) is 4.74 Å². The Kier molecular flexibility index (Phi) is 5.33. The highest BCUT2D eigenvalue weighted by Gasteiger charge is 2.41. The molecule has 0 N–H and O–H groups in total. The quantitative estimate of drug-likeness (QED) is 0.747. The van der Waals surface area contributed by atoms with E-state index >= 15 is 0 Å². The van der Waals surface area contributed by atoms with Crippen molar-refractivity contribution in [2.24, 2.45) is 0 Å². The summed E-state index contributed by atoms with van der Waals surface area (Å²) in [4.78, 5) is 5.21. The molecule has 2 aliphatic heterocycles. The molecule has 0 bridgehead atoms. The number of methoxy groups -OCH3 is 1. The van der Waals surface area contributed by atoms with Crippen LogP contribution >= 0.6 is 0 Å². The summed E-state index contributed by atoms with van der Waals surface area (Å²) in [6, 6.07) is 14.0. The number of anilines is 1. The molecule has 1 fully saturated rings. The van der Waals surface area contributed by atoms with Gasteiger partial charge in [-0.15, -0.1) is 0 Å². The summed E-state index contributed by atoms with van der Waals surface area (Å²) >= 11 is 0. The highest BCUT2D eigenvalue weighted by atomic mass is 19.1. The molecular weight excluding hydrogens is 351 g/mol. The van der Waals surface area contributed by atoms with Crippen LogP contribution < -0.4 is 9.64 Å². The third kappa shape index (κ3) is 3.88. The summed E-state index contributed by atoms with van der Waals surface area (Å²) in [6.45, 7) is 8.02. The zero-order valence-electron chi connectivity index (χ0n) is 17.2. The molecule has 0 spiro atoms. The van der Waals surface area contributed by atoms with Gasteiger partial charge in [-0.1, -0.05) is 18.2 Å². The third-order valence-corrected chi connectivity index (χ3v) is 6.38. The molecule has 4 rings (SSSR count). The number of piperidine rings is 1. The Morgan fingerprint density at radius 2 is 1.79 bits per heavy atom. The molecular formula is C24H31FN2O. The van der Waals surface area contributed by atoms with E-state index in [1.807, 2.05) is 12.1 Å². The first-order valence-electron chi connectivity index (χ1n) is 10.4. The predicted molar refractivity (Wildman–Crippen MR) is 113 cm³/mol. The summed E-state index contributed by atoms with van der Waals surface area (Å²) in [6.07, 6.45) is 4.45. The summed E-state index contributed by atoms with van der Waals surface area (Å²) in [5, 5.41) is 0. The number of rotatable bonds is 5. The lowest BCUT2D eigenvalue weighted by molar-refractivity contribution is 0.202. The van der Waals surface area contributed by atoms with Gasteiger partial charge in [0.1, 0.15) is 11.6 Å². The average molecular weight is 383 g/mol. The lowest BCUT2D eigenvalue weighted by Crippen LogP contribution is -2.52. The van der Waals surface area contributed by atoms with Crippen LogP contribution in [0.5, 0.6) is 5.75 Å². The Bertz CT molecular complexity index is 810. The van der Waals surface area contributed by atoms with Crippen molar-refractivity contribution in [3.63, 3.8) is 0 Å². The van der Waals surface area contributed by atoms with E-state index < -0.39 is 0 Å². The van der Waals surface area contributed by atoms with Crippen LogP contribution in [-0.2, 0) is 12.8 Å². The molecule has 2 aliphatic rings. The van der Waals surface area contributed by atoms with Gasteiger partial charge in [-0.25, -0.2) is 4.39 Å². The largest absolute Gasteiger partial charge is 0.497 e. The molecule has 1 saturated heterocycles. The molecule has 0 aliphatic carbocycles. The average Bonchev–Trinajstić information content (AvgIpc) is 2.97. The molecule has 0 saturated carbocycles. The highest BCUT2D eigenvalue weighted by molar-refractivity contribution is 5.64. The van der Waals surface area contributed by atoms with Crippen molar-refractivity contribution in [2.45, 2.75) is 51.1 Å². The highest BCUT2D eigenvalue weighted by Crippen LogP contribution is 2.43. The van der Waals surface area contributed by atoms with Crippen LogP contribution in [0.4, 0.5) is 10.1 Å². The van der Waals surface area contributed by atoms with Crippen LogP contribution in [0.25, 0.3) is 0 Å². The second-order valence-electron chi connectivity index (χ2n) is 8.80. The standard InChI is InChI=1S/C24H31FN2O/c1-24(2)17-19-6-9-22(28-3)16-23(19)27(24)21-11-14-26(15-12-21)13-10-18-4-7-20(25)8-5-18/h4-9,16,21H,10-15,17H2,1-3H3. The van der Waals surface area contributed by atoms with Crippen LogP contribution in [0, 0.1) is 5.82 Å². The van der Waals surface area contributed by atoms with Crippen molar-refractivity contribution in [2.75, 3.05) is 31.6 Å². The summed E-state index contributed by atoms with van der Waals surface area (Å²) < 4.78 is 18.5. The van der Waals surface area contributed by atoms with Crippen molar-refractivity contribution in [3.05, 3.63) is 59.4 Å². The SMILES string of the molecule is COc1ccc2c(c1)N(C1CCN(CCc3ccc(F)cc3)CC1)C(C)(C)C2. The Morgan fingerprint density at radius 3 is 2.46 bits per heavy atom. The molecule has 4 heteroatoms. The van der Waals surface area contributed by atoms with Gasteiger partial charge in [-0.05, 0) is 68.9 Å². The van der Waals surface area contributed by atoms with Gasteiger partial charge in [0.05, 0.1) is 7.11 Å². The maximum atomic E-state index is 13.1. The number of halogens is 1. The third-order valence-electron chi connectivity index (χ3n) is 6.38. The zero-order valence-corrected chi connectivity index (χ0v) is 17.2. The first-order valence-corrected chi connectivity index (χ1v) is 10.4. The van der Waals surface area contributed by atoms with Gasteiger partial charge < -0.3 is 14.5 Å². The Morgan fingerprint density at radius 1 is 1.07 bits per heavy atom. The van der Waals surface area contributed by atoms with Crippen LogP contribution in [-0.4, -0.2) is 43.2 Å². The van der Waals surface area contributed by atoms with Gasteiger partial charge in [0.15, 0.2) is 0 Å². The summed E-state index contributed by atoms with van der Waals surface area (Å²) in [5.41, 5.74) is 4.15.